The summed E-state index contributed by atoms with van der Waals surface area (Å²) >= 11 is 0. The second kappa shape index (κ2) is 9.58. The van der Waals surface area contributed by atoms with Crippen LogP contribution >= 0.6 is 0 Å². The first-order chi connectivity index (χ1) is 14.6. The summed E-state index contributed by atoms with van der Waals surface area (Å²) in [4.78, 5) is 47.0. The molecule has 0 radical (unpaired) electrons. The van der Waals surface area contributed by atoms with E-state index < -0.39 is 0 Å². The Balaban J connectivity index is 1.25. The van der Waals surface area contributed by atoms with Crippen molar-refractivity contribution in [2.75, 3.05) is 39.3 Å². The molecule has 162 valence electrons. The van der Waals surface area contributed by atoms with Gasteiger partial charge in [-0.3, -0.25) is 19.4 Å². The summed E-state index contributed by atoms with van der Waals surface area (Å²) in [5, 5.41) is 0. The first kappa shape index (κ1) is 20.8. The Hall–Kier alpha value is -2.44. The number of amides is 3. The molecule has 3 saturated heterocycles. The van der Waals surface area contributed by atoms with Gasteiger partial charge in [-0.05, 0) is 55.7 Å². The fourth-order valence-corrected chi connectivity index (χ4v) is 5.05. The normalized spacial score (nSPS) is 23.3. The van der Waals surface area contributed by atoms with Crippen molar-refractivity contribution in [3.63, 3.8) is 0 Å². The van der Waals surface area contributed by atoms with Gasteiger partial charge in [0, 0.05) is 64.5 Å². The third kappa shape index (κ3) is 4.82. The number of carbonyl (C=O) groups excluding carboxylic acids is 3. The van der Waals surface area contributed by atoms with E-state index in [1.165, 1.54) is 5.56 Å². The van der Waals surface area contributed by atoms with Crippen LogP contribution < -0.4 is 0 Å². The summed E-state index contributed by atoms with van der Waals surface area (Å²) in [6.07, 6.45) is 9.11. The second-order valence-electron chi connectivity index (χ2n) is 8.79. The lowest BCUT2D eigenvalue weighted by Gasteiger charge is -2.38. The third-order valence-corrected chi connectivity index (χ3v) is 6.86. The first-order valence-corrected chi connectivity index (χ1v) is 11.4. The Morgan fingerprint density at radius 3 is 2.33 bits per heavy atom. The maximum Gasteiger partial charge on any atom is 0.227 e. The molecule has 0 unspecified atom stereocenters. The topological polar surface area (TPSA) is 73.8 Å². The Morgan fingerprint density at radius 1 is 0.933 bits per heavy atom. The Morgan fingerprint density at radius 2 is 1.63 bits per heavy atom. The highest BCUT2D eigenvalue weighted by atomic mass is 16.2. The van der Waals surface area contributed by atoms with Crippen molar-refractivity contribution in [1.29, 1.82) is 0 Å². The Labute approximate surface area is 178 Å². The third-order valence-electron chi connectivity index (χ3n) is 6.86. The van der Waals surface area contributed by atoms with Gasteiger partial charge in [0.2, 0.25) is 17.7 Å². The highest BCUT2D eigenvalue weighted by Crippen LogP contribution is 2.29. The number of likely N-dealkylation sites (tertiary alicyclic amines) is 3. The number of rotatable bonds is 6. The molecule has 0 bridgehead atoms. The van der Waals surface area contributed by atoms with Crippen molar-refractivity contribution in [2.45, 2.75) is 50.9 Å². The molecule has 30 heavy (non-hydrogen) atoms. The zero-order chi connectivity index (χ0) is 20.9. The van der Waals surface area contributed by atoms with Crippen LogP contribution in [0.1, 0.15) is 56.4 Å². The standard InChI is InChI=1S/C23H32N4O3/c28-21-3-1-12-25(21)13-2-14-27-17-20(4-5-22(27)29)23(30)26-15-8-19(9-16-26)18-6-10-24-11-7-18/h6-7,10-11,19-20H,1-5,8-9,12-17H2/t20-/m1/s1. The van der Waals surface area contributed by atoms with Crippen LogP contribution in [0, 0.1) is 5.92 Å². The van der Waals surface area contributed by atoms with E-state index in [1.807, 2.05) is 27.1 Å². The zero-order valence-corrected chi connectivity index (χ0v) is 17.7. The molecule has 1 aromatic heterocycles. The lowest BCUT2D eigenvalue weighted by atomic mass is 9.88. The van der Waals surface area contributed by atoms with Gasteiger partial charge < -0.3 is 14.7 Å². The summed E-state index contributed by atoms with van der Waals surface area (Å²) in [6, 6.07) is 4.14. The molecule has 0 saturated carbocycles. The molecule has 7 heteroatoms. The fourth-order valence-electron chi connectivity index (χ4n) is 5.05. The molecule has 4 rings (SSSR count). The highest BCUT2D eigenvalue weighted by Gasteiger charge is 2.34. The van der Waals surface area contributed by atoms with Crippen molar-refractivity contribution in [2.24, 2.45) is 5.92 Å². The number of carbonyl (C=O) groups is 3. The molecule has 0 spiro atoms. The van der Waals surface area contributed by atoms with Crippen molar-refractivity contribution in [1.82, 2.24) is 19.7 Å². The maximum atomic E-state index is 13.1. The van der Waals surface area contributed by atoms with Gasteiger partial charge in [-0.25, -0.2) is 0 Å². The molecule has 4 heterocycles. The van der Waals surface area contributed by atoms with Crippen LogP contribution in [0.2, 0.25) is 0 Å². The second-order valence-corrected chi connectivity index (χ2v) is 8.79. The minimum Gasteiger partial charge on any atom is -0.343 e. The monoisotopic (exact) mass is 412 g/mol. The molecule has 3 aliphatic rings. The molecule has 3 aliphatic heterocycles. The SMILES string of the molecule is O=C1CCCN1CCCN1C[C@H](C(=O)N2CCC(c3ccncc3)CC2)CCC1=O. The van der Waals surface area contributed by atoms with Crippen LogP contribution in [0.15, 0.2) is 24.5 Å². The van der Waals surface area contributed by atoms with E-state index >= 15 is 0 Å². The van der Waals surface area contributed by atoms with E-state index in [-0.39, 0.29) is 23.6 Å². The lowest BCUT2D eigenvalue weighted by molar-refractivity contribution is -0.143. The summed E-state index contributed by atoms with van der Waals surface area (Å²) in [6.45, 7) is 4.28. The quantitative estimate of drug-likeness (QED) is 0.717. The molecule has 3 fully saturated rings. The fraction of sp³-hybridized carbons (Fsp3) is 0.652. The number of pyridine rings is 1. The smallest absolute Gasteiger partial charge is 0.227 e. The Kier molecular flexibility index (Phi) is 6.65. The zero-order valence-electron chi connectivity index (χ0n) is 17.7. The van der Waals surface area contributed by atoms with E-state index in [9.17, 15) is 14.4 Å². The van der Waals surface area contributed by atoms with Crippen LogP contribution in [0.25, 0.3) is 0 Å². The number of nitrogens with zero attached hydrogens (tertiary/aromatic N) is 4. The van der Waals surface area contributed by atoms with Gasteiger partial charge in [0.25, 0.3) is 0 Å². The van der Waals surface area contributed by atoms with E-state index in [2.05, 4.69) is 17.1 Å². The lowest BCUT2D eigenvalue weighted by Crippen LogP contribution is -2.49. The minimum atomic E-state index is -0.0893. The maximum absolute atomic E-state index is 13.1. The number of aromatic nitrogens is 1. The summed E-state index contributed by atoms with van der Waals surface area (Å²) in [5.41, 5.74) is 1.31. The highest BCUT2D eigenvalue weighted by molar-refractivity contribution is 5.84. The molecule has 0 N–H and O–H groups in total. The number of hydrogen-bond donors (Lipinski definition) is 0. The number of piperidine rings is 2. The molecule has 7 nitrogen and oxygen atoms in total. The predicted octanol–water partition coefficient (Wildman–Crippen LogP) is 2.04. The van der Waals surface area contributed by atoms with E-state index in [4.69, 9.17) is 0 Å². The van der Waals surface area contributed by atoms with Crippen molar-refractivity contribution in [3.8, 4) is 0 Å². The van der Waals surface area contributed by atoms with Crippen LogP contribution in [-0.2, 0) is 14.4 Å². The molecular weight excluding hydrogens is 380 g/mol. The Bertz CT molecular complexity index is 761. The summed E-state index contributed by atoms with van der Waals surface area (Å²) in [7, 11) is 0. The van der Waals surface area contributed by atoms with Gasteiger partial charge in [0.1, 0.15) is 0 Å². The largest absolute Gasteiger partial charge is 0.343 e. The average Bonchev–Trinajstić information content (AvgIpc) is 3.20. The predicted molar refractivity (Wildman–Crippen MR) is 113 cm³/mol. The van der Waals surface area contributed by atoms with Crippen molar-refractivity contribution in [3.05, 3.63) is 30.1 Å². The molecule has 1 aromatic rings. The van der Waals surface area contributed by atoms with Gasteiger partial charge >= 0.3 is 0 Å². The molecule has 1 atom stereocenters. The van der Waals surface area contributed by atoms with Crippen molar-refractivity contribution >= 4 is 17.7 Å². The number of hydrogen-bond acceptors (Lipinski definition) is 4. The van der Waals surface area contributed by atoms with Gasteiger partial charge in [0.05, 0.1) is 5.92 Å². The van der Waals surface area contributed by atoms with Crippen molar-refractivity contribution < 1.29 is 14.4 Å². The van der Waals surface area contributed by atoms with Crippen LogP contribution in [0.5, 0.6) is 0 Å². The van der Waals surface area contributed by atoms with Gasteiger partial charge in [-0.1, -0.05) is 0 Å². The van der Waals surface area contributed by atoms with Gasteiger partial charge in [-0.15, -0.1) is 0 Å². The van der Waals surface area contributed by atoms with Crippen LogP contribution in [-0.4, -0.2) is 76.7 Å². The first-order valence-electron chi connectivity index (χ1n) is 11.4. The van der Waals surface area contributed by atoms with Crippen LogP contribution in [0.4, 0.5) is 0 Å². The summed E-state index contributed by atoms with van der Waals surface area (Å²) in [5.74, 6) is 0.977. The molecule has 3 amide bonds. The average molecular weight is 413 g/mol. The minimum absolute atomic E-state index is 0.0893. The van der Waals surface area contributed by atoms with E-state index in [0.29, 0.717) is 44.8 Å². The molecule has 0 aromatic carbocycles. The molecule has 0 aliphatic carbocycles. The van der Waals surface area contributed by atoms with E-state index in [0.717, 1.165) is 45.3 Å². The molecular formula is C23H32N4O3. The van der Waals surface area contributed by atoms with Gasteiger partial charge in [0.15, 0.2) is 0 Å². The summed E-state index contributed by atoms with van der Waals surface area (Å²) < 4.78 is 0. The van der Waals surface area contributed by atoms with E-state index in [1.54, 1.807) is 0 Å². The van der Waals surface area contributed by atoms with Crippen LogP contribution in [0.3, 0.4) is 0 Å². The van der Waals surface area contributed by atoms with Gasteiger partial charge in [-0.2, -0.15) is 0 Å².